The predicted octanol–water partition coefficient (Wildman–Crippen LogP) is 22.6. The number of allylic oxidation sites excluding steroid dienone is 2. The van der Waals surface area contributed by atoms with Crippen LogP contribution in [-0.2, 0) is 0 Å². The highest BCUT2D eigenvalue weighted by Gasteiger charge is 2.30. The molecule has 0 aliphatic carbocycles. The van der Waals surface area contributed by atoms with Crippen molar-refractivity contribution in [1.29, 1.82) is 0 Å². The van der Waals surface area contributed by atoms with Crippen molar-refractivity contribution >= 4 is 147 Å². The number of benzene rings is 4. The Labute approximate surface area is 493 Å². The average Bonchev–Trinajstić information content (AvgIpc) is 4.44. The molecule has 390 valence electrons. The average molecular weight is 1160 g/mol. The van der Waals surface area contributed by atoms with Gasteiger partial charge in [-0.2, -0.15) is 0 Å². The minimum absolute atomic E-state index is 0.898. The highest BCUT2D eigenvalue weighted by Crippen LogP contribution is 2.67. The van der Waals surface area contributed by atoms with Crippen molar-refractivity contribution in [1.82, 2.24) is 19.9 Å². The maximum atomic E-state index is 5.53. The lowest BCUT2D eigenvalue weighted by Gasteiger charge is -2.07. The van der Waals surface area contributed by atoms with Crippen molar-refractivity contribution in [3.63, 3.8) is 0 Å². The lowest BCUT2D eigenvalue weighted by atomic mass is 10.0. The van der Waals surface area contributed by atoms with E-state index in [-0.39, 0.29) is 0 Å². The molecule has 2 N–H and O–H groups in total. The second-order valence-electron chi connectivity index (χ2n) is 19.2. The number of unbranched alkanes of at least 4 members (excludes halogenated alkanes) is 6. The molecule has 0 saturated heterocycles. The smallest absolute Gasteiger partial charge is 0.0737 e. The SMILES string of the molecule is CCCCCCSC1=C(SCCCCCC)SC(=CC=C2SC3=C(S2)SC(=Cc2ccc(-c4c5nc(c(-c6ccccc6)c6ccc([nH]6)c(-c6ccccc6)c6nc(c(-c7ccccc7)c7ccc4[nH]7)C=C6)C=C5)cc2)S3)S1. The summed E-state index contributed by atoms with van der Waals surface area (Å²) < 4.78 is 9.92. The molecule has 12 rings (SSSR count). The largest absolute Gasteiger partial charge is 0.354 e. The van der Waals surface area contributed by atoms with E-state index in [1.807, 2.05) is 70.6 Å². The molecule has 7 aromatic rings. The summed E-state index contributed by atoms with van der Waals surface area (Å²) in [6, 6.07) is 49.6. The quantitative estimate of drug-likeness (QED) is 0.0813. The molecular weight excluding hydrogens is 1110 g/mol. The van der Waals surface area contributed by atoms with Crippen molar-refractivity contribution in [3.8, 4) is 44.5 Å². The van der Waals surface area contributed by atoms with Crippen LogP contribution in [0.15, 0.2) is 181 Å². The number of aromatic amines is 2. The third-order valence-electron chi connectivity index (χ3n) is 13.7. The van der Waals surface area contributed by atoms with Gasteiger partial charge in [-0.1, -0.05) is 238 Å². The first-order chi connectivity index (χ1) is 38.5. The molecule has 78 heavy (non-hydrogen) atoms. The molecule has 0 spiro atoms. The minimum atomic E-state index is 0.898. The van der Waals surface area contributed by atoms with Crippen LogP contribution in [0, 0.1) is 0 Å². The second kappa shape index (κ2) is 25.6. The second-order valence-corrected chi connectivity index (χ2v) is 29.6. The van der Waals surface area contributed by atoms with Crippen LogP contribution in [-0.4, -0.2) is 31.4 Å². The molecule has 4 nitrogen and oxygen atoms in total. The summed E-state index contributed by atoms with van der Waals surface area (Å²) in [7, 11) is 0. The van der Waals surface area contributed by atoms with E-state index in [0.29, 0.717) is 0 Å². The normalized spacial score (nSPS) is 14.8. The number of fused-ring (bicyclic) bond motifs is 8. The zero-order valence-electron chi connectivity index (χ0n) is 43.6. The molecule has 8 heterocycles. The van der Waals surface area contributed by atoms with Crippen molar-refractivity contribution in [2.24, 2.45) is 0 Å². The Bertz CT molecular complexity index is 3670. The predicted molar refractivity (Wildman–Crippen MR) is 358 cm³/mol. The number of aromatic nitrogens is 4. The molecule has 8 bridgehead atoms. The summed E-state index contributed by atoms with van der Waals surface area (Å²) in [5.74, 6) is 2.45. The first-order valence-electron chi connectivity index (χ1n) is 26.9. The standard InChI is InChI=1S/C66H58N4S8/c1-3-5-7-18-40-71-63-64(72-41-19-8-6-4-2)74-56(73-63)38-39-57-75-65-66(76-57)78-58(77-65)42-43-26-28-47(29-27-43)62-54-36-34-52(69-54)60(45-22-14-10-15-23-45)50-32-30-48(67-50)59(44-20-12-9-13-21-44)49-31-33-51(68-49)61(46-24-16-11-17-25-46)53-35-37-55(62)70-53/h9-17,20-39,42,67,70H,3-8,18-19,40-41H2,1-2H3. The van der Waals surface area contributed by atoms with E-state index in [4.69, 9.17) is 9.97 Å². The van der Waals surface area contributed by atoms with Crippen molar-refractivity contribution in [2.45, 2.75) is 65.2 Å². The van der Waals surface area contributed by atoms with Gasteiger partial charge in [-0.3, -0.25) is 0 Å². The van der Waals surface area contributed by atoms with Crippen LogP contribution < -0.4 is 0 Å². The molecule has 0 atom stereocenters. The molecule has 12 heteroatoms. The van der Waals surface area contributed by atoms with Crippen LogP contribution in [0.5, 0.6) is 0 Å². The molecule has 0 fully saturated rings. The van der Waals surface area contributed by atoms with Crippen molar-refractivity contribution in [2.75, 3.05) is 11.5 Å². The lowest BCUT2D eigenvalue weighted by Crippen LogP contribution is -1.89. The number of H-pyrrole nitrogens is 2. The van der Waals surface area contributed by atoms with Gasteiger partial charge in [0.05, 0.1) is 52.4 Å². The summed E-state index contributed by atoms with van der Waals surface area (Å²) in [4.78, 5) is 18.8. The molecule has 0 unspecified atom stereocenters. The first-order valence-corrected chi connectivity index (χ1v) is 33.8. The van der Waals surface area contributed by atoms with Crippen LogP contribution in [0.25, 0.3) is 97.0 Å². The van der Waals surface area contributed by atoms with Gasteiger partial charge in [-0.15, -0.1) is 23.5 Å². The van der Waals surface area contributed by atoms with Gasteiger partial charge in [-0.05, 0) is 119 Å². The van der Waals surface area contributed by atoms with Gasteiger partial charge in [0.15, 0.2) is 0 Å². The van der Waals surface area contributed by atoms with Gasteiger partial charge < -0.3 is 9.97 Å². The molecule has 5 aliphatic rings. The summed E-state index contributed by atoms with van der Waals surface area (Å²) >= 11 is 15.8. The third kappa shape index (κ3) is 12.3. The third-order valence-corrected chi connectivity index (χ3v) is 24.7. The number of thioether (sulfide) groups is 8. The lowest BCUT2D eigenvalue weighted by molar-refractivity contribution is 0.707. The van der Waals surface area contributed by atoms with Gasteiger partial charge in [0.2, 0.25) is 0 Å². The van der Waals surface area contributed by atoms with Crippen molar-refractivity contribution in [3.05, 3.63) is 210 Å². The maximum absolute atomic E-state index is 5.53. The maximum Gasteiger partial charge on any atom is 0.0737 e. The topological polar surface area (TPSA) is 57.4 Å². The Hall–Kier alpha value is -5.02. The van der Waals surface area contributed by atoms with Crippen LogP contribution in [0.1, 0.15) is 93.6 Å². The van der Waals surface area contributed by atoms with Gasteiger partial charge in [-0.25, -0.2) is 9.97 Å². The van der Waals surface area contributed by atoms with Gasteiger partial charge in [0.25, 0.3) is 0 Å². The van der Waals surface area contributed by atoms with E-state index < -0.39 is 0 Å². The van der Waals surface area contributed by atoms with Crippen LogP contribution in [0.2, 0.25) is 0 Å². The zero-order valence-corrected chi connectivity index (χ0v) is 50.1. The molecule has 5 aliphatic heterocycles. The molecule has 0 amide bonds. The van der Waals surface area contributed by atoms with Crippen molar-refractivity contribution < 1.29 is 0 Å². The Balaban J connectivity index is 0.849. The zero-order chi connectivity index (χ0) is 52.6. The first kappa shape index (κ1) is 53.6. The van der Waals surface area contributed by atoms with Crippen LogP contribution in [0.3, 0.4) is 0 Å². The van der Waals surface area contributed by atoms with E-state index in [2.05, 4.69) is 229 Å². The van der Waals surface area contributed by atoms with Gasteiger partial charge in [0, 0.05) is 44.3 Å². The Kier molecular flexibility index (Phi) is 17.6. The Morgan fingerprint density at radius 2 is 0.744 bits per heavy atom. The fraction of sp³-hybridized carbons (Fsp3) is 0.182. The van der Waals surface area contributed by atoms with Gasteiger partial charge >= 0.3 is 0 Å². The summed E-state index contributed by atoms with van der Waals surface area (Å²) in [6.07, 6.45) is 26.3. The van der Waals surface area contributed by atoms with E-state index >= 15 is 0 Å². The number of nitrogens with zero attached hydrogens (tertiary/aromatic N) is 2. The molecular formula is C66H58N4S8. The monoisotopic (exact) mass is 1160 g/mol. The number of rotatable bonds is 18. The fourth-order valence-electron chi connectivity index (χ4n) is 9.91. The number of hydrogen-bond donors (Lipinski definition) is 2. The summed E-state index contributed by atoms with van der Waals surface area (Å²) in [5.41, 5.74) is 17.2. The molecule has 0 saturated carbocycles. The molecule has 0 radical (unpaired) electrons. The molecule has 4 aromatic carbocycles. The molecule has 3 aromatic heterocycles. The van der Waals surface area contributed by atoms with Crippen LogP contribution in [0.4, 0.5) is 0 Å². The Morgan fingerprint density at radius 3 is 1.13 bits per heavy atom. The summed E-state index contributed by atoms with van der Waals surface area (Å²) in [6.45, 7) is 4.59. The van der Waals surface area contributed by atoms with E-state index in [1.165, 1.54) is 98.1 Å². The summed E-state index contributed by atoms with van der Waals surface area (Å²) in [5, 5.41) is 0. The number of nitrogens with one attached hydrogen (secondary N) is 2. The van der Waals surface area contributed by atoms with Crippen LogP contribution >= 0.6 is 94.1 Å². The highest BCUT2D eigenvalue weighted by molar-refractivity contribution is 8.48. The van der Waals surface area contributed by atoms with E-state index in [1.54, 1.807) is 0 Å². The minimum Gasteiger partial charge on any atom is -0.354 e. The number of hydrogen-bond acceptors (Lipinski definition) is 10. The van der Waals surface area contributed by atoms with E-state index in [9.17, 15) is 0 Å². The fourth-order valence-corrected chi connectivity index (χ4v) is 21.8. The Morgan fingerprint density at radius 1 is 0.385 bits per heavy atom. The van der Waals surface area contributed by atoms with Gasteiger partial charge in [0.1, 0.15) is 0 Å². The highest BCUT2D eigenvalue weighted by atomic mass is 32.3. The van der Waals surface area contributed by atoms with E-state index in [0.717, 1.165) is 89.4 Å².